The first-order valence-corrected chi connectivity index (χ1v) is 12.7. The standard InChI is InChI=1S/C31H34N2O3/c34-29(24-36-28-19-11-4-12-20-28)33(23-26-15-7-2-8-16-26)30(27-17-9-3-10-18-27)31(35)32-22-21-25-13-5-1-6-14-25/h2-4,7-13,15-20,30H,1,5-6,14,21-24H2,(H,32,35). The van der Waals surface area contributed by atoms with E-state index in [4.69, 9.17) is 4.74 Å². The summed E-state index contributed by atoms with van der Waals surface area (Å²) >= 11 is 0. The minimum Gasteiger partial charge on any atom is -0.484 e. The normalized spacial score (nSPS) is 13.8. The van der Waals surface area contributed by atoms with Crippen molar-refractivity contribution in [3.05, 3.63) is 114 Å². The topological polar surface area (TPSA) is 58.6 Å². The van der Waals surface area contributed by atoms with E-state index < -0.39 is 6.04 Å². The number of hydrogen-bond donors (Lipinski definition) is 1. The number of ether oxygens (including phenoxy) is 1. The van der Waals surface area contributed by atoms with Crippen molar-refractivity contribution in [2.75, 3.05) is 13.2 Å². The van der Waals surface area contributed by atoms with E-state index in [0.717, 1.165) is 30.4 Å². The summed E-state index contributed by atoms with van der Waals surface area (Å²) in [5.41, 5.74) is 3.13. The Kier molecular flexibility index (Phi) is 9.32. The van der Waals surface area contributed by atoms with Crippen LogP contribution in [0.2, 0.25) is 0 Å². The number of rotatable bonds is 11. The maximum atomic E-state index is 13.6. The molecule has 0 bridgehead atoms. The fourth-order valence-corrected chi connectivity index (χ4v) is 4.53. The van der Waals surface area contributed by atoms with Gasteiger partial charge in [-0.1, -0.05) is 90.5 Å². The zero-order valence-electron chi connectivity index (χ0n) is 20.6. The van der Waals surface area contributed by atoms with Gasteiger partial charge in [0.15, 0.2) is 6.61 Å². The molecule has 4 rings (SSSR count). The lowest BCUT2D eigenvalue weighted by Crippen LogP contribution is -2.45. The highest BCUT2D eigenvalue weighted by Gasteiger charge is 2.31. The highest BCUT2D eigenvalue weighted by Crippen LogP contribution is 2.25. The fourth-order valence-electron chi connectivity index (χ4n) is 4.53. The van der Waals surface area contributed by atoms with Gasteiger partial charge in [0.2, 0.25) is 5.91 Å². The number of nitrogens with one attached hydrogen (secondary N) is 1. The van der Waals surface area contributed by atoms with Crippen LogP contribution in [0.15, 0.2) is 103 Å². The zero-order valence-corrected chi connectivity index (χ0v) is 20.6. The molecule has 0 saturated carbocycles. The molecule has 36 heavy (non-hydrogen) atoms. The van der Waals surface area contributed by atoms with E-state index in [-0.39, 0.29) is 18.4 Å². The van der Waals surface area contributed by atoms with Gasteiger partial charge in [0.05, 0.1) is 0 Å². The first-order valence-electron chi connectivity index (χ1n) is 12.7. The Balaban J connectivity index is 1.55. The molecule has 186 valence electrons. The summed E-state index contributed by atoms with van der Waals surface area (Å²) in [6.45, 7) is 0.707. The van der Waals surface area contributed by atoms with Crippen molar-refractivity contribution in [3.63, 3.8) is 0 Å². The summed E-state index contributed by atoms with van der Waals surface area (Å²) in [5.74, 6) is 0.190. The van der Waals surface area contributed by atoms with Gasteiger partial charge in [0, 0.05) is 13.1 Å². The number of amides is 2. The lowest BCUT2D eigenvalue weighted by atomic mass is 9.97. The average Bonchev–Trinajstić information content (AvgIpc) is 2.94. The van der Waals surface area contributed by atoms with Gasteiger partial charge in [-0.2, -0.15) is 0 Å². The summed E-state index contributed by atoms with van der Waals surface area (Å²) < 4.78 is 5.78. The van der Waals surface area contributed by atoms with E-state index in [1.807, 2.05) is 91.0 Å². The van der Waals surface area contributed by atoms with E-state index in [1.54, 1.807) is 4.90 Å². The number of hydrogen-bond acceptors (Lipinski definition) is 3. The van der Waals surface area contributed by atoms with Crippen LogP contribution >= 0.6 is 0 Å². The van der Waals surface area contributed by atoms with Crippen LogP contribution < -0.4 is 10.1 Å². The van der Waals surface area contributed by atoms with Gasteiger partial charge >= 0.3 is 0 Å². The van der Waals surface area contributed by atoms with E-state index >= 15 is 0 Å². The summed E-state index contributed by atoms with van der Waals surface area (Å²) in [4.78, 5) is 28.8. The molecule has 3 aromatic carbocycles. The Labute approximate surface area is 213 Å². The molecule has 5 nitrogen and oxygen atoms in total. The molecule has 1 aliphatic rings. The molecule has 0 aromatic heterocycles. The predicted molar refractivity (Wildman–Crippen MR) is 142 cm³/mol. The van der Waals surface area contributed by atoms with Crippen LogP contribution in [0.3, 0.4) is 0 Å². The molecule has 0 heterocycles. The lowest BCUT2D eigenvalue weighted by Gasteiger charge is -2.31. The monoisotopic (exact) mass is 482 g/mol. The van der Waals surface area contributed by atoms with Gasteiger partial charge in [0.1, 0.15) is 11.8 Å². The summed E-state index contributed by atoms with van der Waals surface area (Å²) in [6.07, 6.45) is 7.83. The fraction of sp³-hybridized carbons (Fsp3) is 0.290. The first-order chi connectivity index (χ1) is 17.7. The van der Waals surface area contributed by atoms with Crippen molar-refractivity contribution in [2.24, 2.45) is 0 Å². The number of nitrogens with zero attached hydrogens (tertiary/aromatic N) is 1. The number of carbonyl (C=O) groups excluding carboxylic acids is 2. The zero-order chi connectivity index (χ0) is 25.0. The molecule has 0 saturated heterocycles. The maximum Gasteiger partial charge on any atom is 0.261 e. The molecule has 0 radical (unpaired) electrons. The minimum atomic E-state index is -0.765. The number of benzene rings is 3. The van der Waals surface area contributed by atoms with Crippen LogP contribution in [0.5, 0.6) is 5.75 Å². The van der Waals surface area contributed by atoms with Crippen molar-refractivity contribution >= 4 is 11.8 Å². The van der Waals surface area contributed by atoms with E-state index in [2.05, 4.69) is 11.4 Å². The van der Waals surface area contributed by atoms with Gasteiger partial charge in [-0.05, 0) is 55.4 Å². The van der Waals surface area contributed by atoms with Crippen LogP contribution in [-0.4, -0.2) is 29.9 Å². The molecule has 3 aromatic rings. The molecule has 1 unspecified atom stereocenters. The molecule has 2 amide bonds. The molecule has 0 aliphatic heterocycles. The van der Waals surface area contributed by atoms with Crippen molar-refractivity contribution in [1.29, 1.82) is 0 Å². The number of para-hydroxylation sites is 1. The SMILES string of the molecule is O=C(NCCC1=CCCCC1)C(c1ccccc1)N(Cc1ccccc1)C(=O)COc1ccccc1. The van der Waals surface area contributed by atoms with Crippen LogP contribution in [0.4, 0.5) is 0 Å². The molecular formula is C31H34N2O3. The van der Waals surface area contributed by atoms with Gasteiger partial charge in [0.25, 0.3) is 5.91 Å². The molecule has 5 heteroatoms. The highest BCUT2D eigenvalue weighted by molar-refractivity contribution is 5.89. The van der Waals surface area contributed by atoms with E-state index in [9.17, 15) is 9.59 Å². The summed E-state index contributed by atoms with van der Waals surface area (Å²) in [6, 6.07) is 27.7. The van der Waals surface area contributed by atoms with Gasteiger partial charge in [-0.15, -0.1) is 0 Å². The average molecular weight is 483 g/mol. The van der Waals surface area contributed by atoms with Crippen LogP contribution in [0.25, 0.3) is 0 Å². The second-order valence-electron chi connectivity index (χ2n) is 9.07. The van der Waals surface area contributed by atoms with Gasteiger partial charge in [-0.25, -0.2) is 0 Å². The summed E-state index contributed by atoms with van der Waals surface area (Å²) in [7, 11) is 0. The molecule has 0 spiro atoms. The third-order valence-electron chi connectivity index (χ3n) is 6.43. The summed E-state index contributed by atoms with van der Waals surface area (Å²) in [5, 5.41) is 3.11. The molecule has 1 aliphatic carbocycles. The molecule has 1 N–H and O–H groups in total. The van der Waals surface area contributed by atoms with E-state index in [0.29, 0.717) is 18.8 Å². The second kappa shape index (κ2) is 13.3. The minimum absolute atomic E-state index is 0.152. The van der Waals surface area contributed by atoms with Crippen molar-refractivity contribution < 1.29 is 14.3 Å². The number of carbonyl (C=O) groups is 2. The number of allylic oxidation sites excluding steroid dienone is 1. The third-order valence-corrected chi connectivity index (χ3v) is 6.43. The Morgan fingerprint density at radius 3 is 2.19 bits per heavy atom. The van der Waals surface area contributed by atoms with Crippen molar-refractivity contribution in [3.8, 4) is 5.75 Å². The van der Waals surface area contributed by atoms with Crippen LogP contribution in [0.1, 0.15) is 49.3 Å². The maximum absolute atomic E-state index is 13.6. The largest absolute Gasteiger partial charge is 0.484 e. The Hall–Kier alpha value is -3.86. The quantitative estimate of drug-likeness (QED) is 0.349. The lowest BCUT2D eigenvalue weighted by molar-refractivity contribution is -0.143. The Morgan fingerprint density at radius 2 is 1.53 bits per heavy atom. The smallest absolute Gasteiger partial charge is 0.261 e. The van der Waals surface area contributed by atoms with Gasteiger partial charge in [-0.3, -0.25) is 9.59 Å². The first kappa shape index (κ1) is 25.2. The Bertz CT molecular complexity index is 1130. The van der Waals surface area contributed by atoms with E-state index in [1.165, 1.54) is 18.4 Å². The second-order valence-corrected chi connectivity index (χ2v) is 9.07. The molecular weight excluding hydrogens is 448 g/mol. The third kappa shape index (κ3) is 7.32. The van der Waals surface area contributed by atoms with Crippen molar-refractivity contribution in [2.45, 2.75) is 44.7 Å². The van der Waals surface area contributed by atoms with Crippen LogP contribution in [0, 0.1) is 0 Å². The van der Waals surface area contributed by atoms with Gasteiger partial charge < -0.3 is 15.0 Å². The van der Waals surface area contributed by atoms with Crippen LogP contribution in [-0.2, 0) is 16.1 Å². The Morgan fingerprint density at radius 1 is 0.861 bits per heavy atom. The highest BCUT2D eigenvalue weighted by atomic mass is 16.5. The molecule has 1 atom stereocenters. The molecule has 0 fully saturated rings. The predicted octanol–water partition coefficient (Wildman–Crippen LogP) is 5.84. The van der Waals surface area contributed by atoms with Crippen molar-refractivity contribution in [1.82, 2.24) is 10.2 Å².